The lowest BCUT2D eigenvalue weighted by atomic mass is 9.98. The summed E-state index contributed by atoms with van der Waals surface area (Å²) >= 11 is 0. The first-order chi connectivity index (χ1) is 7.29. The fourth-order valence-corrected chi connectivity index (χ4v) is 2.34. The molecule has 2 aliphatic heterocycles. The molecule has 3 heteroatoms. The Bertz CT molecular complexity index is 273. The van der Waals surface area contributed by atoms with Gasteiger partial charge in [-0.2, -0.15) is 0 Å². The minimum Gasteiger partial charge on any atom is -0.396 e. The van der Waals surface area contributed by atoms with E-state index < -0.39 is 0 Å². The molecule has 0 aliphatic carbocycles. The van der Waals surface area contributed by atoms with Crippen LogP contribution in [0.5, 0.6) is 0 Å². The maximum absolute atomic E-state index is 9.18. The molecule has 0 saturated carbocycles. The quantitative estimate of drug-likeness (QED) is 0.713. The van der Waals surface area contributed by atoms with E-state index in [0.717, 1.165) is 19.5 Å². The van der Waals surface area contributed by atoms with Gasteiger partial charge in [-0.05, 0) is 44.0 Å². The van der Waals surface area contributed by atoms with Gasteiger partial charge in [-0.1, -0.05) is 5.57 Å². The van der Waals surface area contributed by atoms with Crippen LogP contribution < -0.4 is 5.32 Å². The van der Waals surface area contributed by atoms with Gasteiger partial charge in [-0.15, -0.1) is 0 Å². The summed E-state index contributed by atoms with van der Waals surface area (Å²) in [6, 6.07) is 0. The SMILES string of the molecule is CC1=CC(N2CCC[C@H](CO)C2)NC=C1. The van der Waals surface area contributed by atoms with Crippen molar-refractivity contribution in [2.45, 2.75) is 25.9 Å². The molecular formula is C12H20N2O. The smallest absolute Gasteiger partial charge is 0.0987 e. The second-order valence-electron chi connectivity index (χ2n) is 4.54. The third kappa shape index (κ3) is 2.61. The van der Waals surface area contributed by atoms with Crippen LogP contribution in [0.3, 0.4) is 0 Å². The Balaban J connectivity index is 1.95. The molecule has 2 heterocycles. The highest BCUT2D eigenvalue weighted by Gasteiger charge is 2.24. The second-order valence-corrected chi connectivity index (χ2v) is 4.54. The number of aliphatic hydroxyl groups excluding tert-OH is 1. The van der Waals surface area contributed by atoms with Crippen molar-refractivity contribution in [3.63, 3.8) is 0 Å². The summed E-state index contributed by atoms with van der Waals surface area (Å²) in [6.07, 6.45) is 9.04. The zero-order valence-corrected chi connectivity index (χ0v) is 9.32. The molecule has 2 aliphatic rings. The predicted molar refractivity (Wildman–Crippen MR) is 61.2 cm³/mol. The molecule has 3 nitrogen and oxygen atoms in total. The zero-order chi connectivity index (χ0) is 10.7. The van der Waals surface area contributed by atoms with E-state index in [1.54, 1.807) is 0 Å². The summed E-state index contributed by atoms with van der Waals surface area (Å²) in [5, 5.41) is 12.5. The van der Waals surface area contributed by atoms with Crippen LogP contribution in [0.25, 0.3) is 0 Å². The molecule has 0 aromatic carbocycles. The summed E-state index contributed by atoms with van der Waals surface area (Å²) in [6.45, 7) is 4.58. The van der Waals surface area contributed by atoms with Crippen LogP contribution in [0.4, 0.5) is 0 Å². The summed E-state index contributed by atoms with van der Waals surface area (Å²) in [4.78, 5) is 2.41. The predicted octanol–water partition coefficient (Wildman–Crippen LogP) is 1.08. The maximum atomic E-state index is 9.18. The monoisotopic (exact) mass is 208 g/mol. The lowest BCUT2D eigenvalue weighted by Gasteiger charge is -2.37. The highest BCUT2D eigenvalue weighted by Crippen LogP contribution is 2.19. The van der Waals surface area contributed by atoms with Gasteiger partial charge in [0, 0.05) is 19.7 Å². The number of nitrogens with zero attached hydrogens (tertiary/aromatic N) is 1. The standard InChI is InChI=1S/C12H20N2O/c1-10-4-5-13-12(7-10)14-6-2-3-11(8-14)9-15/h4-5,7,11-13,15H,2-3,6,8-9H2,1H3/t11-,12?/m0/s1. The third-order valence-corrected chi connectivity index (χ3v) is 3.24. The van der Waals surface area contributed by atoms with Gasteiger partial charge in [0.05, 0.1) is 6.17 Å². The summed E-state index contributed by atoms with van der Waals surface area (Å²) in [7, 11) is 0. The van der Waals surface area contributed by atoms with E-state index in [1.165, 1.54) is 12.0 Å². The zero-order valence-electron chi connectivity index (χ0n) is 9.32. The van der Waals surface area contributed by atoms with Gasteiger partial charge in [-0.25, -0.2) is 0 Å². The molecule has 0 amide bonds. The Hall–Kier alpha value is -0.800. The molecule has 2 N–H and O–H groups in total. The topological polar surface area (TPSA) is 35.5 Å². The van der Waals surface area contributed by atoms with E-state index in [1.807, 2.05) is 6.20 Å². The van der Waals surface area contributed by atoms with Crippen LogP contribution in [-0.2, 0) is 0 Å². The number of likely N-dealkylation sites (tertiary alicyclic amines) is 1. The summed E-state index contributed by atoms with van der Waals surface area (Å²) < 4.78 is 0. The van der Waals surface area contributed by atoms with E-state index in [9.17, 15) is 5.11 Å². The van der Waals surface area contributed by atoms with Crippen LogP contribution in [0.15, 0.2) is 23.9 Å². The molecule has 1 unspecified atom stereocenters. The Morgan fingerprint density at radius 2 is 2.47 bits per heavy atom. The molecule has 2 rings (SSSR count). The Labute approximate surface area is 91.5 Å². The van der Waals surface area contributed by atoms with Crippen molar-refractivity contribution in [2.75, 3.05) is 19.7 Å². The molecule has 0 aromatic rings. The Morgan fingerprint density at radius 1 is 1.60 bits per heavy atom. The number of rotatable bonds is 2. The number of hydrogen-bond donors (Lipinski definition) is 2. The highest BCUT2D eigenvalue weighted by atomic mass is 16.3. The van der Waals surface area contributed by atoms with Gasteiger partial charge in [0.15, 0.2) is 0 Å². The van der Waals surface area contributed by atoms with Gasteiger partial charge >= 0.3 is 0 Å². The van der Waals surface area contributed by atoms with Gasteiger partial charge in [-0.3, -0.25) is 4.90 Å². The fraction of sp³-hybridized carbons (Fsp3) is 0.667. The fourth-order valence-electron chi connectivity index (χ4n) is 2.34. The van der Waals surface area contributed by atoms with E-state index in [0.29, 0.717) is 18.7 Å². The van der Waals surface area contributed by atoms with Crippen molar-refractivity contribution in [3.05, 3.63) is 23.9 Å². The van der Waals surface area contributed by atoms with Crippen molar-refractivity contribution in [1.29, 1.82) is 0 Å². The molecule has 1 saturated heterocycles. The molecule has 0 bridgehead atoms. The first kappa shape index (κ1) is 10.7. The summed E-state index contributed by atoms with van der Waals surface area (Å²) in [5.74, 6) is 0.458. The average molecular weight is 208 g/mol. The first-order valence-electron chi connectivity index (χ1n) is 5.75. The number of allylic oxidation sites excluding steroid dienone is 2. The van der Waals surface area contributed by atoms with Gasteiger partial charge in [0.1, 0.15) is 0 Å². The highest BCUT2D eigenvalue weighted by molar-refractivity contribution is 5.22. The van der Waals surface area contributed by atoms with Crippen LogP contribution in [0.2, 0.25) is 0 Å². The maximum Gasteiger partial charge on any atom is 0.0987 e. The minimum atomic E-state index is 0.321. The first-order valence-corrected chi connectivity index (χ1v) is 5.75. The van der Waals surface area contributed by atoms with Crippen molar-refractivity contribution >= 4 is 0 Å². The van der Waals surface area contributed by atoms with Crippen molar-refractivity contribution in [3.8, 4) is 0 Å². The number of aliphatic hydroxyl groups is 1. The lowest BCUT2D eigenvalue weighted by Crippen LogP contribution is -2.48. The van der Waals surface area contributed by atoms with E-state index in [2.05, 4.69) is 29.3 Å². The molecule has 0 aromatic heterocycles. The molecule has 15 heavy (non-hydrogen) atoms. The Kier molecular flexibility index (Phi) is 3.44. The van der Waals surface area contributed by atoms with Gasteiger partial charge < -0.3 is 10.4 Å². The number of piperidine rings is 1. The van der Waals surface area contributed by atoms with E-state index in [4.69, 9.17) is 0 Å². The average Bonchev–Trinajstić information content (AvgIpc) is 2.29. The van der Waals surface area contributed by atoms with E-state index >= 15 is 0 Å². The minimum absolute atomic E-state index is 0.321. The lowest BCUT2D eigenvalue weighted by molar-refractivity contribution is 0.0953. The molecule has 0 radical (unpaired) electrons. The van der Waals surface area contributed by atoms with Crippen LogP contribution >= 0.6 is 0 Å². The van der Waals surface area contributed by atoms with Crippen LogP contribution in [0.1, 0.15) is 19.8 Å². The van der Waals surface area contributed by atoms with Crippen LogP contribution in [-0.4, -0.2) is 35.9 Å². The third-order valence-electron chi connectivity index (χ3n) is 3.24. The Morgan fingerprint density at radius 3 is 3.20 bits per heavy atom. The molecule has 2 atom stereocenters. The molecule has 0 spiro atoms. The number of hydrogen-bond acceptors (Lipinski definition) is 3. The van der Waals surface area contributed by atoms with Gasteiger partial charge in [0.25, 0.3) is 0 Å². The van der Waals surface area contributed by atoms with Crippen molar-refractivity contribution in [1.82, 2.24) is 10.2 Å². The van der Waals surface area contributed by atoms with Crippen molar-refractivity contribution < 1.29 is 5.11 Å². The second kappa shape index (κ2) is 4.81. The normalized spacial score (nSPS) is 32.3. The summed E-state index contributed by atoms with van der Waals surface area (Å²) in [5.41, 5.74) is 1.31. The van der Waals surface area contributed by atoms with Crippen molar-refractivity contribution in [2.24, 2.45) is 5.92 Å². The van der Waals surface area contributed by atoms with Gasteiger partial charge in [0.2, 0.25) is 0 Å². The van der Waals surface area contributed by atoms with E-state index in [-0.39, 0.29) is 0 Å². The molecule has 1 fully saturated rings. The number of dihydropyridines is 1. The largest absolute Gasteiger partial charge is 0.396 e. The molecule has 84 valence electrons. The molecular weight excluding hydrogens is 188 g/mol. The van der Waals surface area contributed by atoms with Crippen LogP contribution in [0, 0.1) is 5.92 Å². The number of nitrogens with one attached hydrogen (secondary N) is 1.